The molecule has 1 aliphatic rings. The predicted octanol–water partition coefficient (Wildman–Crippen LogP) is 1.92. The van der Waals surface area contributed by atoms with E-state index in [9.17, 15) is 9.59 Å². The average Bonchev–Trinajstić information content (AvgIpc) is 2.47. The van der Waals surface area contributed by atoms with Crippen molar-refractivity contribution in [2.75, 3.05) is 23.0 Å². The number of rotatable bonds is 3. The van der Waals surface area contributed by atoms with E-state index in [1.165, 1.54) is 0 Å². The van der Waals surface area contributed by atoms with E-state index in [1.807, 2.05) is 29.2 Å². The molecular weight excluding hydrogens is 288 g/mol. The minimum absolute atomic E-state index is 0.0851. The molecule has 0 radical (unpaired) electrons. The number of carbonyl (C=O) groups is 1. The summed E-state index contributed by atoms with van der Waals surface area (Å²) in [5, 5.41) is 10.6. The number of nitrogens with zero attached hydrogens (tertiary/aromatic N) is 1. The van der Waals surface area contributed by atoms with Gasteiger partial charge in [0.15, 0.2) is 0 Å². The van der Waals surface area contributed by atoms with Crippen LogP contribution in [0.4, 0.5) is 5.82 Å². The number of H-pyrrole nitrogens is 1. The lowest BCUT2D eigenvalue weighted by molar-refractivity contribution is -0.137. The van der Waals surface area contributed by atoms with E-state index >= 15 is 0 Å². The molecule has 0 spiro atoms. The van der Waals surface area contributed by atoms with Crippen molar-refractivity contribution >= 4 is 34.3 Å². The molecule has 110 valence electrons. The second kappa shape index (κ2) is 5.81. The number of aromatic nitrogens is 1. The highest BCUT2D eigenvalue weighted by molar-refractivity contribution is 7.99. The third kappa shape index (κ3) is 2.90. The highest BCUT2D eigenvalue weighted by atomic mass is 32.2. The molecule has 1 aromatic heterocycles. The molecule has 0 bridgehead atoms. The number of benzene rings is 1. The third-order valence-corrected chi connectivity index (χ3v) is 4.78. The first-order valence-electron chi connectivity index (χ1n) is 6.83. The van der Waals surface area contributed by atoms with Gasteiger partial charge in [0.05, 0.1) is 6.42 Å². The number of aliphatic carboxylic acids is 1. The maximum Gasteiger partial charge on any atom is 0.305 e. The molecule has 6 heteroatoms. The van der Waals surface area contributed by atoms with Gasteiger partial charge in [-0.3, -0.25) is 9.59 Å². The van der Waals surface area contributed by atoms with Gasteiger partial charge in [0.25, 0.3) is 5.56 Å². The van der Waals surface area contributed by atoms with Gasteiger partial charge in [-0.15, -0.1) is 0 Å². The van der Waals surface area contributed by atoms with Crippen molar-refractivity contribution in [1.29, 1.82) is 0 Å². The second-order valence-corrected chi connectivity index (χ2v) is 6.24. The van der Waals surface area contributed by atoms with Crippen LogP contribution >= 0.6 is 11.8 Å². The van der Waals surface area contributed by atoms with E-state index in [0.29, 0.717) is 11.2 Å². The van der Waals surface area contributed by atoms with Crippen LogP contribution < -0.4 is 10.5 Å². The Hall–Kier alpha value is -1.95. The molecule has 21 heavy (non-hydrogen) atoms. The van der Waals surface area contributed by atoms with Crippen LogP contribution in [0.15, 0.2) is 35.1 Å². The number of thioether (sulfide) groups is 1. The number of hydrogen-bond donors (Lipinski definition) is 2. The molecule has 2 aromatic rings. The Kier molecular flexibility index (Phi) is 3.88. The zero-order chi connectivity index (χ0) is 14.8. The Morgan fingerprint density at radius 3 is 3.05 bits per heavy atom. The Bertz CT molecular complexity index is 728. The van der Waals surface area contributed by atoms with Gasteiger partial charge in [0.1, 0.15) is 5.82 Å². The monoisotopic (exact) mass is 304 g/mol. The van der Waals surface area contributed by atoms with Crippen molar-refractivity contribution in [1.82, 2.24) is 4.98 Å². The SMILES string of the molecule is O=C(O)CC1CSCCN1c1cc2ccccc2c(=O)[nH]1. The van der Waals surface area contributed by atoms with E-state index in [-0.39, 0.29) is 18.0 Å². The molecule has 2 N–H and O–H groups in total. The molecule has 0 saturated carbocycles. The Morgan fingerprint density at radius 1 is 1.43 bits per heavy atom. The van der Waals surface area contributed by atoms with E-state index in [1.54, 1.807) is 17.8 Å². The molecule has 1 saturated heterocycles. The molecule has 1 unspecified atom stereocenters. The maximum absolute atomic E-state index is 12.2. The zero-order valence-corrected chi connectivity index (χ0v) is 12.2. The Morgan fingerprint density at radius 2 is 2.24 bits per heavy atom. The lowest BCUT2D eigenvalue weighted by atomic mass is 10.1. The first-order valence-corrected chi connectivity index (χ1v) is 7.99. The molecule has 1 aromatic carbocycles. The number of carboxylic acids is 1. The van der Waals surface area contributed by atoms with E-state index in [4.69, 9.17) is 5.11 Å². The molecule has 0 aliphatic carbocycles. The summed E-state index contributed by atoms with van der Waals surface area (Å²) < 4.78 is 0. The summed E-state index contributed by atoms with van der Waals surface area (Å²) in [7, 11) is 0. The van der Waals surface area contributed by atoms with Crippen molar-refractivity contribution in [3.05, 3.63) is 40.7 Å². The summed E-state index contributed by atoms with van der Waals surface area (Å²) in [6, 6.07) is 9.27. The average molecular weight is 304 g/mol. The Balaban J connectivity index is 2.01. The lowest BCUT2D eigenvalue weighted by Crippen LogP contribution is -2.44. The molecule has 1 atom stereocenters. The van der Waals surface area contributed by atoms with Crippen LogP contribution in [-0.2, 0) is 4.79 Å². The summed E-state index contributed by atoms with van der Waals surface area (Å²) in [5.74, 6) is 1.60. The number of nitrogens with one attached hydrogen (secondary N) is 1. The summed E-state index contributed by atoms with van der Waals surface area (Å²) >= 11 is 1.75. The van der Waals surface area contributed by atoms with Crippen LogP contribution in [0.2, 0.25) is 0 Å². The quantitative estimate of drug-likeness (QED) is 0.906. The fraction of sp³-hybridized carbons (Fsp3) is 0.333. The van der Waals surface area contributed by atoms with Gasteiger partial charge in [0.2, 0.25) is 0 Å². The molecule has 5 nitrogen and oxygen atoms in total. The zero-order valence-electron chi connectivity index (χ0n) is 11.4. The van der Waals surface area contributed by atoms with Crippen molar-refractivity contribution in [3.63, 3.8) is 0 Å². The summed E-state index contributed by atoms with van der Waals surface area (Å²) in [4.78, 5) is 28.1. The molecular formula is C15H16N2O3S. The van der Waals surface area contributed by atoms with Crippen LogP contribution in [0.3, 0.4) is 0 Å². The highest BCUT2D eigenvalue weighted by Gasteiger charge is 2.26. The highest BCUT2D eigenvalue weighted by Crippen LogP contribution is 2.25. The number of carboxylic acid groups (broad SMARTS) is 1. The Labute approximate surface area is 126 Å². The van der Waals surface area contributed by atoms with Crippen LogP contribution in [0.25, 0.3) is 10.8 Å². The fourth-order valence-electron chi connectivity index (χ4n) is 2.69. The minimum Gasteiger partial charge on any atom is -0.481 e. The van der Waals surface area contributed by atoms with Gasteiger partial charge in [-0.2, -0.15) is 11.8 Å². The van der Waals surface area contributed by atoms with Gasteiger partial charge >= 0.3 is 5.97 Å². The fourth-order valence-corrected chi connectivity index (χ4v) is 3.76. The molecule has 3 rings (SSSR count). The van der Waals surface area contributed by atoms with Crippen LogP contribution in [-0.4, -0.2) is 40.2 Å². The molecule has 1 fully saturated rings. The van der Waals surface area contributed by atoms with E-state index in [2.05, 4.69) is 4.98 Å². The van der Waals surface area contributed by atoms with E-state index in [0.717, 1.165) is 23.4 Å². The van der Waals surface area contributed by atoms with Gasteiger partial charge in [-0.25, -0.2) is 0 Å². The lowest BCUT2D eigenvalue weighted by Gasteiger charge is -2.36. The van der Waals surface area contributed by atoms with Crippen molar-refractivity contribution in [2.45, 2.75) is 12.5 Å². The summed E-state index contributed by atoms with van der Waals surface area (Å²) in [6.45, 7) is 0.747. The van der Waals surface area contributed by atoms with Crippen LogP contribution in [0.5, 0.6) is 0 Å². The summed E-state index contributed by atoms with van der Waals surface area (Å²) in [6.07, 6.45) is 0.0852. The van der Waals surface area contributed by atoms with Crippen molar-refractivity contribution in [2.24, 2.45) is 0 Å². The standard InChI is InChI=1S/C15H16N2O3S/c18-14(19)8-11-9-21-6-5-17(11)13-7-10-3-1-2-4-12(10)15(20)16-13/h1-4,7,11H,5-6,8-9H2,(H,16,20)(H,18,19). The second-order valence-electron chi connectivity index (χ2n) is 5.09. The molecule has 1 aliphatic heterocycles. The number of fused-ring (bicyclic) bond motifs is 1. The number of hydrogen-bond acceptors (Lipinski definition) is 4. The molecule has 2 heterocycles. The van der Waals surface area contributed by atoms with Gasteiger partial charge in [-0.1, -0.05) is 18.2 Å². The first-order chi connectivity index (χ1) is 10.1. The number of pyridine rings is 1. The number of aromatic amines is 1. The number of anilines is 1. The normalized spacial score (nSPS) is 18.9. The van der Waals surface area contributed by atoms with Gasteiger partial charge in [-0.05, 0) is 17.5 Å². The topological polar surface area (TPSA) is 73.4 Å². The maximum atomic E-state index is 12.2. The van der Waals surface area contributed by atoms with Gasteiger partial charge < -0.3 is 15.0 Å². The third-order valence-electron chi connectivity index (χ3n) is 3.69. The van der Waals surface area contributed by atoms with Crippen molar-refractivity contribution < 1.29 is 9.90 Å². The minimum atomic E-state index is -0.810. The van der Waals surface area contributed by atoms with Crippen LogP contribution in [0.1, 0.15) is 6.42 Å². The first kappa shape index (κ1) is 14.0. The van der Waals surface area contributed by atoms with Crippen LogP contribution in [0, 0.1) is 0 Å². The predicted molar refractivity (Wildman–Crippen MR) is 85.3 cm³/mol. The summed E-state index contributed by atoms with van der Waals surface area (Å²) in [5.41, 5.74) is -0.129. The molecule has 0 amide bonds. The smallest absolute Gasteiger partial charge is 0.305 e. The van der Waals surface area contributed by atoms with E-state index < -0.39 is 5.97 Å². The largest absolute Gasteiger partial charge is 0.481 e. The van der Waals surface area contributed by atoms with Gasteiger partial charge in [0, 0.05) is 29.5 Å². The van der Waals surface area contributed by atoms with Crippen molar-refractivity contribution in [3.8, 4) is 0 Å².